The zero-order valence-corrected chi connectivity index (χ0v) is 17.6. The molecule has 1 aliphatic carbocycles. The number of carbonyl (C=O) groups excluding carboxylic acids is 1. The van der Waals surface area contributed by atoms with Crippen molar-refractivity contribution in [1.29, 1.82) is 0 Å². The van der Waals surface area contributed by atoms with Crippen LogP contribution in [-0.4, -0.2) is 19.3 Å². The Labute approximate surface area is 176 Å². The molecule has 1 heterocycles. The minimum absolute atomic E-state index is 0.0517. The number of aryl methyl sites for hydroxylation is 1. The molecule has 3 aromatic rings. The number of carbonyl (C=O) groups is 1. The van der Waals surface area contributed by atoms with Gasteiger partial charge in [-0.2, -0.15) is 0 Å². The van der Waals surface area contributed by atoms with Gasteiger partial charge in [0, 0.05) is 18.0 Å². The zero-order valence-electron chi connectivity index (χ0n) is 16.8. The smallest absolute Gasteiger partial charge is 0.261 e. The third-order valence-electron chi connectivity index (χ3n) is 5.39. The summed E-state index contributed by atoms with van der Waals surface area (Å²) >= 11 is 0. The summed E-state index contributed by atoms with van der Waals surface area (Å²) in [6.45, 7) is 4.17. The summed E-state index contributed by atoms with van der Waals surface area (Å²) in [4.78, 5) is 16.8. The molecule has 2 aromatic carbocycles. The number of nitrogens with one attached hydrogen (secondary N) is 2. The van der Waals surface area contributed by atoms with E-state index in [1.807, 2.05) is 6.92 Å². The molecule has 0 unspecified atom stereocenters. The van der Waals surface area contributed by atoms with Crippen molar-refractivity contribution in [3.05, 3.63) is 89.2 Å². The van der Waals surface area contributed by atoms with Crippen LogP contribution in [0.5, 0.6) is 0 Å². The Morgan fingerprint density at radius 3 is 2.43 bits per heavy atom. The number of sulfonamides is 1. The maximum absolute atomic E-state index is 12.8. The van der Waals surface area contributed by atoms with E-state index in [-0.39, 0.29) is 16.8 Å². The van der Waals surface area contributed by atoms with Gasteiger partial charge in [-0.1, -0.05) is 30.7 Å². The van der Waals surface area contributed by atoms with Crippen molar-refractivity contribution >= 4 is 21.6 Å². The van der Waals surface area contributed by atoms with Gasteiger partial charge in [0.15, 0.2) is 0 Å². The molecule has 0 saturated heterocycles. The maximum atomic E-state index is 12.8. The Kier molecular flexibility index (Phi) is 5.30. The standard InChI is InChI=1S/C23H23N3O3S/c1-15-3-4-18-14-16(2)22(21(18)13-15)25-23(27)17-5-7-20(8-6-17)30(28,29)26-19-9-11-24-12-10-19/h3-13,16,22H,14H2,1-2H3,(H,24,26)(H,25,27)/t16-,22+/m1/s1. The molecular formula is C23H23N3O3S. The van der Waals surface area contributed by atoms with Crippen molar-refractivity contribution < 1.29 is 13.2 Å². The predicted octanol–water partition coefficient (Wildman–Crippen LogP) is 3.85. The molecule has 4 rings (SSSR count). The molecule has 0 spiro atoms. The van der Waals surface area contributed by atoms with Crippen LogP contribution in [0.1, 0.15) is 40.0 Å². The fraction of sp³-hybridized carbons (Fsp3) is 0.217. The van der Waals surface area contributed by atoms with Gasteiger partial charge in [-0.25, -0.2) is 8.42 Å². The van der Waals surface area contributed by atoms with Gasteiger partial charge in [0.05, 0.1) is 16.6 Å². The second-order valence-corrected chi connectivity index (χ2v) is 9.38. The Morgan fingerprint density at radius 1 is 1.03 bits per heavy atom. The molecule has 0 fully saturated rings. The summed E-state index contributed by atoms with van der Waals surface area (Å²) < 4.78 is 27.6. The van der Waals surface area contributed by atoms with E-state index >= 15 is 0 Å². The number of rotatable bonds is 5. The lowest BCUT2D eigenvalue weighted by atomic mass is 10.0. The van der Waals surface area contributed by atoms with Crippen LogP contribution in [0, 0.1) is 12.8 Å². The molecule has 0 radical (unpaired) electrons. The lowest BCUT2D eigenvalue weighted by Gasteiger charge is -2.19. The van der Waals surface area contributed by atoms with Crippen LogP contribution in [0.25, 0.3) is 0 Å². The summed E-state index contributed by atoms with van der Waals surface area (Å²) in [7, 11) is -3.74. The summed E-state index contributed by atoms with van der Waals surface area (Å²) in [6.07, 6.45) is 3.95. The van der Waals surface area contributed by atoms with E-state index in [9.17, 15) is 13.2 Å². The van der Waals surface area contributed by atoms with Crippen molar-refractivity contribution in [3.63, 3.8) is 0 Å². The van der Waals surface area contributed by atoms with E-state index in [1.165, 1.54) is 47.8 Å². The molecular weight excluding hydrogens is 398 g/mol. The van der Waals surface area contributed by atoms with Gasteiger partial charge >= 0.3 is 0 Å². The van der Waals surface area contributed by atoms with E-state index in [2.05, 4.69) is 40.1 Å². The van der Waals surface area contributed by atoms with Gasteiger partial charge in [0.1, 0.15) is 0 Å². The van der Waals surface area contributed by atoms with Gasteiger partial charge in [-0.05, 0) is 66.8 Å². The van der Waals surface area contributed by atoms with Crippen LogP contribution >= 0.6 is 0 Å². The van der Waals surface area contributed by atoms with Crippen LogP contribution in [0.15, 0.2) is 71.9 Å². The van der Waals surface area contributed by atoms with Crippen LogP contribution < -0.4 is 10.0 Å². The predicted molar refractivity (Wildman–Crippen MR) is 116 cm³/mol. The highest BCUT2D eigenvalue weighted by atomic mass is 32.2. The molecule has 0 bridgehead atoms. The van der Waals surface area contributed by atoms with Gasteiger partial charge in [0.25, 0.3) is 15.9 Å². The summed E-state index contributed by atoms with van der Waals surface area (Å²) in [5.74, 6) is 0.0854. The SMILES string of the molecule is Cc1ccc2c(c1)[C@@H](NC(=O)c1ccc(S(=O)(=O)Nc3ccncc3)cc1)[C@H](C)C2. The molecule has 7 heteroatoms. The lowest BCUT2D eigenvalue weighted by molar-refractivity contribution is 0.0927. The number of aromatic nitrogens is 1. The average Bonchev–Trinajstić information content (AvgIpc) is 3.03. The number of benzene rings is 2. The fourth-order valence-electron chi connectivity index (χ4n) is 3.83. The molecule has 154 valence electrons. The first-order valence-corrected chi connectivity index (χ1v) is 11.2. The van der Waals surface area contributed by atoms with Crippen LogP contribution in [0.3, 0.4) is 0 Å². The number of hydrogen-bond acceptors (Lipinski definition) is 4. The summed E-state index contributed by atoms with van der Waals surface area (Å²) in [6, 6.07) is 15.4. The van der Waals surface area contributed by atoms with Gasteiger partial charge in [0.2, 0.25) is 0 Å². The Hall–Kier alpha value is -3.19. The van der Waals surface area contributed by atoms with Crippen molar-refractivity contribution in [3.8, 4) is 0 Å². The highest BCUT2D eigenvalue weighted by Gasteiger charge is 2.30. The van der Waals surface area contributed by atoms with Crippen LogP contribution in [-0.2, 0) is 16.4 Å². The number of anilines is 1. The van der Waals surface area contributed by atoms with Crippen LogP contribution in [0.4, 0.5) is 5.69 Å². The molecule has 1 aromatic heterocycles. The second-order valence-electron chi connectivity index (χ2n) is 7.70. The third-order valence-corrected chi connectivity index (χ3v) is 6.79. The number of hydrogen-bond donors (Lipinski definition) is 2. The zero-order chi connectivity index (χ0) is 21.3. The molecule has 1 amide bonds. The van der Waals surface area contributed by atoms with Crippen molar-refractivity contribution in [2.75, 3.05) is 4.72 Å². The number of pyridine rings is 1. The van der Waals surface area contributed by atoms with Crippen molar-refractivity contribution in [1.82, 2.24) is 10.3 Å². The number of nitrogens with zero attached hydrogens (tertiary/aromatic N) is 1. The highest BCUT2D eigenvalue weighted by molar-refractivity contribution is 7.92. The molecule has 1 aliphatic rings. The largest absolute Gasteiger partial charge is 0.345 e. The molecule has 0 aliphatic heterocycles. The fourth-order valence-corrected chi connectivity index (χ4v) is 4.88. The van der Waals surface area contributed by atoms with E-state index in [0.717, 1.165) is 12.0 Å². The average molecular weight is 422 g/mol. The first kappa shape index (κ1) is 20.1. The van der Waals surface area contributed by atoms with E-state index in [0.29, 0.717) is 17.2 Å². The highest BCUT2D eigenvalue weighted by Crippen LogP contribution is 2.36. The Balaban J connectivity index is 1.49. The summed E-state index contributed by atoms with van der Waals surface area (Å²) in [5.41, 5.74) is 4.44. The minimum Gasteiger partial charge on any atom is -0.345 e. The quantitative estimate of drug-likeness (QED) is 0.655. The number of fused-ring (bicyclic) bond motifs is 1. The Bertz CT molecular complexity index is 1180. The minimum atomic E-state index is -3.74. The van der Waals surface area contributed by atoms with Gasteiger partial charge in [-0.15, -0.1) is 0 Å². The summed E-state index contributed by atoms with van der Waals surface area (Å²) in [5, 5.41) is 3.12. The maximum Gasteiger partial charge on any atom is 0.261 e. The first-order chi connectivity index (χ1) is 14.3. The van der Waals surface area contributed by atoms with E-state index in [1.54, 1.807) is 12.1 Å². The monoisotopic (exact) mass is 421 g/mol. The molecule has 0 saturated carbocycles. The third kappa shape index (κ3) is 4.07. The van der Waals surface area contributed by atoms with Crippen molar-refractivity contribution in [2.24, 2.45) is 5.92 Å². The van der Waals surface area contributed by atoms with Crippen molar-refractivity contribution in [2.45, 2.75) is 31.2 Å². The molecule has 2 atom stereocenters. The lowest BCUT2D eigenvalue weighted by Crippen LogP contribution is -2.30. The van der Waals surface area contributed by atoms with Gasteiger partial charge < -0.3 is 5.32 Å². The second kappa shape index (κ2) is 7.91. The molecule has 2 N–H and O–H groups in total. The molecule has 6 nitrogen and oxygen atoms in total. The Morgan fingerprint density at radius 2 is 1.73 bits per heavy atom. The normalized spacial score (nSPS) is 17.9. The first-order valence-electron chi connectivity index (χ1n) is 9.77. The van der Waals surface area contributed by atoms with E-state index in [4.69, 9.17) is 0 Å². The topological polar surface area (TPSA) is 88.2 Å². The van der Waals surface area contributed by atoms with E-state index < -0.39 is 10.0 Å². The van der Waals surface area contributed by atoms with Gasteiger partial charge in [-0.3, -0.25) is 14.5 Å². The molecule has 30 heavy (non-hydrogen) atoms. The van der Waals surface area contributed by atoms with Crippen LogP contribution in [0.2, 0.25) is 0 Å². The number of amides is 1.